The van der Waals surface area contributed by atoms with Crippen molar-refractivity contribution >= 4 is 38.2 Å². The van der Waals surface area contributed by atoms with Crippen LogP contribution in [0, 0.1) is 0 Å². The molecule has 3 heterocycles. The van der Waals surface area contributed by atoms with Crippen molar-refractivity contribution in [3.63, 3.8) is 0 Å². The van der Waals surface area contributed by atoms with Crippen LogP contribution in [-0.4, -0.2) is 4.57 Å². The number of nitrogens with zero attached hydrogens (tertiary/aromatic N) is 2. The van der Waals surface area contributed by atoms with Gasteiger partial charge in [0.05, 0.1) is 22.0 Å². The summed E-state index contributed by atoms with van der Waals surface area (Å²) in [5.74, 6) is 0. The topological polar surface area (TPSA) is 8.81 Å². The first-order valence-corrected chi connectivity index (χ1v) is 21.2. The molecule has 0 N–H and O–H groups in total. The van der Waals surface area contributed by atoms with Crippen LogP contribution in [0.4, 0.5) is 0 Å². The number of hydrogen-bond donors (Lipinski definition) is 0. The number of rotatable bonds is 7. The van der Waals surface area contributed by atoms with Crippen LogP contribution < -0.4 is 4.57 Å². The lowest BCUT2D eigenvalue weighted by Gasteiger charge is -2.35. The Balaban J connectivity index is 1.14. The lowest BCUT2D eigenvalue weighted by molar-refractivity contribution is -0.740. The molecule has 10 aromatic rings. The van der Waals surface area contributed by atoms with Gasteiger partial charge in [0, 0.05) is 40.9 Å². The molecule has 1 aliphatic heterocycles. The maximum atomic E-state index is 4.82. The molecule has 0 saturated carbocycles. The molecular formula is C58H45N2+. The highest BCUT2D eigenvalue weighted by Gasteiger charge is 2.47. The fourth-order valence-corrected chi connectivity index (χ4v) is 10.1. The fraction of sp³-hybridized carbons (Fsp3) is 0.0862. The molecule has 2 nitrogen and oxygen atoms in total. The van der Waals surface area contributed by atoms with E-state index in [1.165, 1.54) is 99.5 Å². The summed E-state index contributed by atoms with van der Waals surface area (Å²) in [5.41, 5.74) is 17.9. The van der Waals surface area contributed by atoms with E-state index >= 15 is 0 Å². The SMILES string of the molecule is C=C1c2ccc(-n3c4ccc(-c5cccc(-c6ccccc6)c5)cc4c4cc(-c5cccc(-c6ccccc6)c5)ccc43)cc2-c2c3ccccc3cc[n+]2C1(CC)CC. The Morgan fingerprint density at radius 3 is 1.50 bits per heavy atom. The summed E-state index contributed by atoms with van der Waals surface area (Å²) in [7, 11) is 0. The van der Waals surface area contributed by atoms with Crippen LogP contribution in [-0.2, 0) is 5.54 Å². The van der Waals surface area contributed by atoms with E-state index in [4.69, 9.17) is 6.58 Å². The standard InChI is InChI=1S/C58H45N2/c1-4-58(5-2)39(3)50-29-28-49(38-54(50)57-51-25-13-12-20-42(51)32-33-59(57)58)60-55-30-26-47(45-23-14-21-43(34-45)40-16-8-6-9-17-40)36-52(55)53-37-48(27-31-56(53)60)46-24-15-22-44(35-46)41-18-10-7-11-19-41/h6-38H,3-5H2,1-2H3/q+1. The summed E-state index contributed by atoms with van der Waals surface area (Å²) in [5, 5.41) is 4.97. The van der Waals surface area contributed by atoms with Crippen LogP contribution in [0.25, 0.3) is 99.6 Å². The fourth-order valence-electron chi connectivity index (χ4n) is 10.1. The summed E-state index contributed by atoms with van der Waals surface area (Å²) in [6.45, 7) is 9.43. The third kappa shape index (κ3) is 5.59. The van der Waals surface area contributed by atoms with Gasteiger partial charge in [-0.2, -0.15) is 4.57 Å². The van der Waals surface area contributed by atoms with Crippen molar-refractivity contribution in [3.8, 4) is 61.5 Å². The molecule has 0 fully saturated rings. The van der Waals surface area contributed by atoms with Gasteiger partial charge in [-0.1, -0.05) is 154 Å². The van der Waals surface area contributed by atoms with Crippen LogP contribution in [0.3, 0.4) is 0 Å². The molecule has 0 amide bonds. The highest BCUT2D eigenvalue weighted by atomic mass is 15.1. The molecule has 286 valence electrons. The van der Waals surface area contributed by atoms with E-state index in [2.05, 4.69) is 223 Å². The molecule has 2 aromatic heterocycles. The van der Waals surface area contributed by atoms with E-state index in [0.717, 1.165) is 18.5 Å². The second kappa shape index (κ2) is 14.2. The predicted octanol–water partition coefficient (Wildman–Crippen LogP) is 15.1. The Bertz CT molecular complexity index is 3150. The number of aromatic nitrogens is 2. The molecule has 0 saturated heterocycles. The zero-order chi connectivity index (χ0) is 40.4. The quantitative estimate of drug-likeness (QED) is 0.143. The van der Waals surface area contributed by atoms with Crippen molar-refractivity contribution in [3.05, 3.63) is 212 Å². The molecular weight excluding hydrogens is 725 g/mol. The summed E-state index contributed by atoms with van der Waals surface area (Å²) in [4.78, 5) is 0. The summed E-state index contributed by atoms with van der Waals surface area (Å²) in [6.07, 6.45) is 4.24. The molecule has 1 aliphatic rings. The molecule has 0 radical (unpaired) electrons. The molecule has 0 unspecified atom stereocenters. The number of allylic oxidation sites excluding steroid dienone is 1. The minimum Gasteiger partial charge on any atom is -0.309 e. The maximum Gasteiger partial charge on any atom is 0.221 e. The van der Waals surface area contributed by atoms with E-state index in [-0.39, 0.29) is 5.54 Å². The molecule has 60 heavy (non-hydrogen) atoms. The van der Waals surface area contributed by atoms with Gasteiger partial charge in [-0.3, -0.25) is 0 Å². The average Bonchev–Trinajstić information content (AvgIpc) is 3.65. The Morgan fingerprint density at radius 1 is 0.433 bits per heavy atom. The van der Waals surface area contributed by atoms with Crippen LogP contribution in [0.1, 0.15) is 32.3 Å². The van der Waals surface area contributed by atoms with Crippen molar-refractivity contribution in [2.45, 2.75) is 32.2 Å². The molecule has 0 atom stereocenters. The third-order valence-electron chi connectivity index (χ3n) is 13.3. The first-order valence-electron chi connectivity index (χ1n) is 21.2. The second-order valence-electron chi connectivity index (χ2n) is 16.3. The van der Waals surface area contributed by atoms with Crippen LogP contribution in [0.15, 0.2) is 207 Å². The lowest BCUT2D eigenvalue weighted by atomic mass is 9.75. The van der Waals surface area contributed by atoms with Crippen molar-refractivity contribution in [1.82, 2.24) is 4.57 Å². The zero-order valence-electron chi connectivity index (χ0n) is 34.1. The van der Waals surface area contributed by atoms with Crippen molar-refractivity contribution in [1.29, 1.82) is 0 Å². The summed E-state index contributed by atoms with van der Waals surface area (Å²) in [6, 6.07) is 71.4. The van der Waals surface area contributed by atoms with Gasteiger partial charge in [0.1, 0.15) is 0 Å². The van der Waals surface area contributed by atoms with Crippen LogP contribution in [0.2, 0.25) is 0 Å². The first-order chi connectivity index (χ1) is 29.5. The molecule has 0 aliphatic carbocycles. The first kappa shape index (κ1) is 35.8. The van der Waals surface area contributed by atoms with Gasteiger partial charge in [-0.05, 0) is 110 Å². The van der Waals surface area contributed by atoms with Crippen molar-refractivity contribution < 1.29 is 4.57 Å². The van der Waals surface area contributed by atoms with E-state index in [9.17, 15) is 0 Å². The highest BCUT2D eigenvalue weighted by Crippen LogP contribution is 2.47. The Hall–Kier alpha value is -7.29. The molecule has 0 bridgehead atoms. The normalized spacial score (nSPS) is 13.1. The number of fused-ring (bicyclic) bond motifs is 8. The number of pyridine rings is 1. The van der Waals surface area contributed by atoms with Gasteiger partial charge in [0.2, 0.25) is 5.69 Å². The molecule has 11 rings (SSSR count). The minimum atomic E-state index is -0.191. The molecule has 2 heteroatoms. The minimum absolute atomic E-state index is 0.191. The van der Waals surface area contributed by atoms with Crippen LogP contribution >= 0.6 is 0 Å². The monoisotopic (exact) mass is 769 g/mol. The summed E-state index contributed by atoms with van der Waals surface area (Å²) < 4.78 is 5.00. The smallest absolute Gasteiger partial charge is 0.221 e. The number of benzene rings is 8. The van der Waals surface area contributed by atoms with Gasteiger partial charge in [-0.15, -0.1) is 0 Å². The predicted molar refractivity (Wildman–Crippen MR) is 253 cm³/mol. The van der Waals surface area contributed by atoms with E-state index in [1.54, 1.807) is 0 Å². The zero-order valence-corrected chi connectivity index (χ0v) is 34.1. The second-order valence-corrected chi connectivity index (χ2v) is 16.3. The van der Waals surface area contributed by atoms with Gasteiger partial charge < -0.3 is 4.57 Å². The average molecular weight is 770 g/mol. The molecule has 0 spiro atoms. The highest BCUT2D eigenvalue weighted by molar-refractivity contribution is 6.12. The third-order valence-corrected chi connectivity index (χ3v) is 13.3. The Labute approximate surface area is 352 Å². The van der Waals surface area contributed by atoms with Gasteiger partial charge in [0.15, 0.2) is 11.7 Å². The van der Waals surface area contributed by atoms with Crippen molar-refractivity contribution in [2.75, 3.05) is 0 Å². The Morgan fingerprint density at radius 2 is 0.933 bits per heavy atom. The maximum absolute atomic E-state index is 4.82. The van der Waals surface area contributed by atoms with Gasteiger partial charge in [0.25, 0.3) is 0 Å². The number of hydrogen-bond acceptors (Lipinski definition) is 0. The van der Waals surface area contributed by atoms with Gasteiger partial charge in [-0.25, -0.2) is 0 Å². The van der Waals surface area contributed by atoms with Crippen LogP contribution in [0.5, 0.6) is 0 Å². The van der Waals surface area contributed by atoms with Crippen molar-refractivity contribution in [2.24, 2.45) is 0 Å². The summed E-state index contributed by atoms with van der Waals surface area (Å²) >= 11 is 0. The van der Waals surface area contributed by atoms with E-state index in [1.807, 2.05) is 0 Å². The Kier molecular flexibility index (Phi) is 8.49. The lowest BCUT2D eigenvalue weighted by Crippen LogP contribution is -2.59. The van der Waals surface area contributed by atoms with Gasteiger partial charge >= 0.3 is 0 Å². The molecule has 8 aromatic carbocycles. The van der Waals surface area contributed by atoms with E-state index < -0.39 is 0 Å². The largest absolute Gasteiger partial charge is 0.309 e. The van der Waals surface area contributed by atoms with E-state index in [0.29, 0.717) is 0 Å².